The minimum atomic E-state index is -4.48. The van der Waals surface area contributed by atoms with Crippen LogP contribution in [0.2, 0.25) is 0 Å². The topological polar surface area (TPSA) is 65.0 Å². The van der Waals surface area contributed by atoms with Gasteiger partial charge in [-0.05, 0) is 60.2 Å². The Morgan fingerprint density at radius 1 is 1.02 bits per heavy atom. The number of ether oxygens (including phenoxy) is 3. The third kappa shape index (κ3) is 6.74. The molecule has 8 heteroatoms. The number of carbonyl (C=O) groups is 1. The van der Waals surface area contributed by atoms with E-state index in [2.05, 4.69) is 0 Å². The molecule has 3 aromatic carbocycles. The van der Waals surface area contributed by atoms with E-state index in [1.54, 1.807) is 18.2 Å². The zero-order chi connectivity index (χ0) is 28.1. The van der Waals surface area contributed by atoms with E-state index in [-0.39, 0.29) is 30.3 Å². The number of esters is 1. The van der Waals surface area contributed by atoms with Crippen molar-refractivity contribution < 1.29 is 37.3 Å². The normalized spacial score (nSPS) is 23.5. The van der Waals surface area contributed by atoms with Gasteiger partial charge < -0.3 is 19.3 Å². The van der Waals surface area contributed by atoms with Crippen LogP contribution < -0.4 is 4.74 Å². The van der Waals surface area contributed by atoms with E-state index in [1.807, 2.05) is 48.5 Å². The van der Waals surface area contributed by atoms with Crippen molar-refractivity contribution in [2.45, 2.75) is 43.8 Å². The molecule has 2 fully saturated rings. The van der Waals surface area contributed by atoms with Crippen LogP contribution in [0.3, 0.4) is 0 Å². The summed E-state index contributed by atoms with van der Waals surface area (Å²) in [5, 5.41) is 10.5. The van der Waals surface area contributed by atoms with Crippen LogP contribution in [0.4, 0.5) is 13.2 Å². The highest BCUT2D eigenvalue weighted by Gasteiger charge is 2.45. The highest BCUT2D eigenvalue weighted by Crippen LogP contribution is 2.42. The van der Waals surface area contributed by atoms with Crippen LogP contribution in [0.15, 0.2) is 91.0 Å². The molecule has 1 heterocycles. The van der Waals surface area contributed by atoms with Crippen molar-refractivity contribution >= 4 is 5.97 Å². The first-order chi connectivity index (χ1) is 19.3. The second kappa shape index (κ2) is 12.3. The van der Waals surface area contributed by atoms with Crippen molar-refractivity contribution in [3.8, 4) is 16.9 Å². The van der Waals surface area contributed by atoms with Gasteiger partial charge in [-0.15, -0.1) is 0 Å². The number of carbonyl (C=O) groups excluding carboxylic acids is 1. The van der Waals surface area contributed by atoms with Crippen molar-refractivity contribution in [2.24, 2.45) is 11.8 Å². The number of rotatable bonds is 8. The summed E-state index contributed by atoms with van der Waals surface area (Å²) in [5.74, 6) is -0.426. The predicted molar refractivity (Wildman–Crippen MR) is 144 cm³/mol. The van der Waals surface area contributed by atoms with Crippen molar-refractivity contribution in [3.63, 3.8) is 0 Å². The molecule has 0 aromatic heterocycles. The number of fused-ring (bicyclic) bond motifs is 1. The molecule has 210 valence electrons. The quantitative estimate of drug-likeness (QED) is 0.249. The molecule has 0 bridgehead atoms. The summed E-state index contributed by atoms with van der Waals surface area (Å²) in [7, 11) is 0. The SMILES string of the molecule is O=C(O[C@@H]1C[C@@H]2OCCC[C@@H]2C1/C=C/[C@@H](O)COc1cccc(C(F)(F)F)c1)c1ccc(-c2ccccc2)cc1. The molecule has 0 spiro atoms. The summed E-state index contributed by atoms with van der Waals surface area (Å²) in [6.45, 7) is 0.444. The monoisotopic (exact) mass is 552 g/mol. The molecule has 1 saturated carbocycles. The fourth-order valence-corrected chi connectivity index (χ4v) is 5.49. The largest absolute Gasteiger partial charge is 0.491 e. The van der Waals surface area contributed by atoms with E-state index in [1.165, 1.54) is 12.1 Å². The first-order valence-electron chi connectivity index (χ1n) is 13.4. The van der Waals surface area contributed by atoms with Crippen LogP contribution >= 0.6 is 0 Å². The Morgan fingerprint density at radius 2 is 1.77 bits per heavy atom. The van der Waals surface area contributed by atoms with Gasteiger partial charge in [0.15, 0.2) is 0 Å². The second-order valence-corrected chi connectivity index (χ2v) is 10.2. The summed E-state index contributed by atoms with van der Waals surface area (Å²) >= 11 is 0. The summed E-state index contributed by atoms with van der Waals surface area (Å²) in [4.78, 5) is 13.1. The Labute approximate surface area is 231 Å². The first-order valence-corrected chi connectivity index (χ1v) is 13.4. The average molecular weight is 553 g/mol. The predicted octanol–water partition coefficient (Wildman–Crippen LogP) is 6.71. The summed E-state index contributed by atoms with van der Waals surface area (Å²) in [6, 6.07) is 21.7. The van der Waals surface area contributed by atoms with Crippen molar-refractivity contribution in [3.05, 3.63) is 102 Å². The van der Waals surface area contributed by atoms with Crippen molar-refractivity contribution in [2.75, 3.05) is 13.2 Å². The van der Waals surface area contributed by atoms with Crippen molar-refractivity contribution in [1.82, 2.24) is 0 Å². The van der Waals surface area contributed by atoms with Gasteiger partial charge in [-0.25, -0.2) is 4.79 Å². The number of alkyl halides is 3. The van der Waals surface area contributed by atoms with Gasteiger partial charge in [0.05, 0.1) is 17.2 Å². The van der Waals surface area contributed by atoms with E-state index in [0.717, 1.165) is 36.1 Å². The first kappa shape index (κ1) is 27.9. The number of aliphatic hydroxyl groups is 1. The van der Waals surface area contributed by atoms with Gasteiger partial charge in [-0.1, -0.05) is 60.7 Å². The Morgan fingerprint density at radius 3 is 2.52 bits per heavy atom. The van der Waals surface area contributed by atoms with Gasteiger partial charge in [-0.3, -0.25) is 0 Å². The van der Waals surface area contributed by atoms with Gasteiger partial charge >= 0.3 is 12.1 Å². The van der Waals surface area contributed by atoms with E-state index in [9.17, 15) is 23.1 Å². The lowest BCUT2D eigenvalue weighted by Gasteiger charge is -2.28. The van der Waals surface area contributed by atoms with Gasteiger partial charge in [0.25, 0.3) is 0 Å². The summed E-state index contributed by atoms with van der Waals surface area (Å²) in [6.07, 6.45) is -0.243. The molecule has 3 aromatic rings. The minimum Gasteiger partial charge on any atom is -0.491 e. The fourth-order valence-electron chi connectivity index (χ4n) is 5.49. The highest BCUT2D eigenvalue weighted by atomic mass is 19.4. The van der Waals surface area contributed by atoms with Crippen LogP contribution in [-0.4, -0.2) is 42.6 Å². The molecule has 40 heavy (non-hydrogen) atoms. The van der Waals surface area contributed by atoms with Crippen molar-refractivity contribution in [1.29, 1.82) is 0 Å². The standard InChI is InChI=1S/C32H31F3O5/c33-32(34,35)24-8-4-9-26(18-24)39-20-25(36)15-16-28-27-10-5-17-38-29(27)19-30(28)40-31(37)23-13-11-22(12-14-23)21-6-2-1-3-7-21/h1-4,6-9,11-16,18,25,27-30,36H,5,10,17,19-20H2/b16-15+/t25-,27-,28?,29+,30-/m1/s1. The third-order valence-electron chi connectivity index (χ3n) is 7.50. The molecule has 1 aliphatic heterocycles. The molecule has 5 atom stereocenters. The lowest BCUT2D eigenvalue weighted by molar-refractivity contribution is -0.137. The molecule has 1 aliphatic carbocycles. The molecule has 2 aliphatic rings. The van der Waals surface area contributed by atoms with E-state index in [0.29, 0.717) is 18.6 Å². The summed E-state index contributed by atoms with van der Waals surface area (Å²) in [5.41, 5.74) is 1.69. The van der Waals surface area contributed by atoms with Gasteiger partial charge in [0.1, 0.15) is 24.6 Å². The zero-order valence-corrected chi connectivity index (χ0v) is 21.8. The third-order valence-corrected chi connectivity index (χ3v) is 7.50. The number of benzene rings is 3. The summed E-state index contributed by atoms with van der Waals surface area (Å²) < 4.78 is 56.2. The maximum Gasteiger partial charge on any atom is 0.416 e. The van der Waals surface area contributed by atoms with Gasteiger partial charge in [0, 0.05) is 18.9 Å². The van der Waals surface area contributed by atoms with Crippen LogP contribution in [0, 0.1) is 11.8 Å². The number of aliphatic hydroxyl groups excluding tert-OH is 1. The minimum absolute atomic E-state index is 0.0222. The maximum absolute atomic E-state index is 13.1. The van der Waals surface area contributed by atoms with Crippen LogP contribution in [-0.2, 0) is 15.7 Å². The van der Waals surface area contributed by atoms with E-state index >= 15 is 0 Å². The molecular weight excluding hydrogens is 521 g/mol. The Bertz CT molecular complexity index is 1310. The zero-order valence-electron chi connectivity index (χ0n) is 21.8. The van der Waals surface area contributed by atoms with E-state index < -0.39 is 29.9 Å². The van der Waals surface area contributed by atoms with E-state index in [4.69, 9.17) is 14.2 Å². The molecule has 0 amide bonds. The van der Waals surface area contributed by atoms with Crippen LogP contribution in [0.25, 0.3) is 11.1 Å². The smallest absolute Gasteiger partial charge is 0.416 e. The Kier molecular flexibility index (Phi) is 8.57. The maximum atomic E-state index is 13.1. The van der Waals surface area contributed by atoms with Crippen LogP contribution in [0.5, 0.6) is 5.75 Å². The lowest BCUT2D eigenvalue weighted by atomic mass is 9.87. The molecule has 5 rings (SSSR count). The second-order valence-electron chi connectivity index (χ2n) is 10.2. The average Bonchev–Trinajstić information content (AvgIpc) is 3.32. The lowest BCUT2D eigenvalue weighted by Crippen LogP contribution is -2.28. The van der Waals surface area contributed by atoms with Crippen LogP contribution in [0.1, 0.15) is 35.2 Å². The Balaban J connectivity index is 1.23. The Hall–Kier alpha value is -3.62. The highest BCUT2D eigenvalue weighted by molar-refractivity contribution is 5.90. The number of hydrogen-bond donors (Lipinski definition) is 1. The van der Waals surface area contributed by atoms with Gasteiger partial charge in [0.2, 0.25) is 0 Å². The molecule has 1 unspecified atom stereocenters. The number of hydrogen-bond acceptors (Lipinski definition) is 5. The molecule has 1 saturated heterocycles. The van der Waals surface area contributed by atoms with Gasteiger partial charge in [-0.2, -0.15) is 13.2 Å². The fraction of sp³-hybridized carbons (Fsp3) is 0.344. The molecule has 5 nitrogen and oxygen atoms in total. The number of halogens is 3. The molecule has 0 radical (unpaired) electrons. The molecular formula is C32H31F3O5. The molecule has 1 N–H and O–H groups in total.